The van der Waals surface area contributed by atoms with E-state index in [9.17, 15) is 18.0 Å². The van der Waals surface area contributed by atoms with Crippen LogP contribution < -0.4 is 0 Å². The molecule has 0 heterocycles. The van der Waals surface area contributed by atoms with E-state index in [1.165, 1.54) is 0 Å². The maximum atomic E-state index is 12.4. The molecule has 2 unspecified atom stereocenters. The van der Waals surface area contributed by atoms with Gasteiger partial charge in [0.2, 0.25) is 0 Å². The van der Waals surface area contributed by atoms with Crippen LogP contribution in [0.25, 0.3) is 0 Å². The average molecular weight is 282 g/mol. The number of alkyl halides is 3. The van der Waals surface area contributed by atoms with Crippen LogP contribution in [-0.4, -0.2) is 18.2 Å². The first-order chi connectivity index (χ1) is 8.14. The van der Waals surface area contributed by atoms with Crippen LogP contribution in [0, 0.1) is 16.7 Å². The zero-order chi connectivity index (χ0) is 15.6. The van der Waals surface area contributed by atoms with E-state index in [4.69, 9.17) is 0 Å². The molecule has 0 spiro atoms. The number of rotatable bonds is 3. The molecule has 114 valence electrons. The van der Waals surface area contributed by atoms with Gasteiger partial charge in [0.05, 0.1) is 5.92 Å². The highest BCUT2D eigenvalue weighted by Crippen LogP contribution is 2.37. The van der Waals surface area contributed by atoms with Crippen molar-refractivity contribution in [3.8, 4) is 0 Å². The van der Waals surface area contributed by atoms with Gasteiger partial charge in [0.1, 0.15) is 0 Å². The fraction of sp³-hybridized carbons (Fsp3) is 0.929. The molecule has 0 aromatic carbocycles. The predicted molar refractivity (Wildman–Crippen MR) is 68.6 cm³/mol. The Bertz CT molecular complexity index is 308. The van der Waals surface area contributed by atoms with E-state index in [1.807, 2.05) is 41.5 Å². The van der Waals surface area contributed by atoms with Crippen molar-refractivity contribution in [2.75, 3.05) is 0 Å². The van der Waals surface area contributed by atoms with Gasteiger partial charge in [0.15, 0.2) is 6.10 Å². The number of carbonyl (C=O) groups is 1. The molecule has 2 nitrogen and oxygen atoms in total. The van der Waals surface area contributed by atoms with Crippen molar-refractivity contribution in [2.45, 2.75) is 67.2 Å². The second-order valence-corrected chi connectivity index (χ2v) is 7.30. The minimum Gasteiger partial charge on any atom is -0.453 e. The summed E-state index contributed by atoms with van der Waals surface area (Å²) in [5.41, 5.74) is -0.589. The molecule has 5 heteroatoms. The zero-order valence-electron chi connectivity index (χ0n) is 12.8. The summed E-state index contributed by atoms with van der Waals surface area (Å²) in [5, 5.41) is 0. The summed E-state index contributed by atoms with van der Waals surface area (Å²) < 4.78 is 41.9. The molecule has 0 aliphatic heterocycles. The summed E-state index contributed by atoms with van der Waals surface area (Å²) in [7, 11) is 0. The zero-order valence-corrected chi connectivity index (χ0v) is 12.8. The molecule has 0 saturated carbocycles. The Morgan fingerprint density at radius 1 is 1.05 bits per heavy atom. The average Bonchev–Trinajstić information content (AvgIpc) is 2.09. The van der Waals surface area contributed by atoms with Crippen molar-refractivity contribution in [2.24, 2.45) is 16.7 Å². The number of esters is 1. The number of hydrogen-bond donors (Lipinski definition) is 0. The van der Waals surface area contributed by atoms with E-state index in [0.29, 0.717) is 6.42 Å². The van der Waals surface area contributed by atoms with Crippen LogP contribution in [0.15, 0.2) is 0 Å². The molecular formula is C14H25F3O2. The summed E-state index contributed by atoms with van der Waals surface area (Å²) >= 11 is 0. The maximum Gasteiger partial charge on any atom is 0.425 e. The third kappa shape index (κ3) is 6.83. The van der Waals surface area contributed by atoms with Crippen LogP contribution in [0.1, 0.15) is 54.9 Å². The lowest BCUT2D eigenvalue weighted by Crippen LogP contribution is -2.38. The lowest BCUT2D eigenvalue weighted by molar-refractivity contribution is -0.220. The molecule has 0 aliphatic carbocycles. The Morgan fingerprint density at radius 3 is 1.74 bits per heavy atom. The topological polar surface area (TPSA) is 26.3 Å². The van der Waals surface area contributed by atoms with E-state index in [0.717, 1.165) is 6.92 Å². The number of carbonyl (C=O) groups excluding carboxylic acids is 1. The van der Waals surface area contributed by atoms with Crippen LogP contribution in [0.5, 0.6) is 0 Å². The molecular weight excluding hydrogens is 257 g/mol. The summed E-state index contributed by atoms with van der Waals surface area (Å²) in [5.74, 6) is -1.33. The standard InChI is InChI=1S/C14H25F3O2/c1-9(14(15,16)17)19-11(18)10(13(5,6)7)8-12(2,3)4/h9-10H,8H2,1-7H3. The maximum absolute atomic E-state index is 12.4. The quantitative estimate of drug-likeness (QED) is 0.708. The van der Waals surface area contributed by atoms with Crippen LogP contribution >= 0.6 is 0 Å². The summed E-state index contributed by atoms with van der Waals surface area (Å²) in [6, 6.07) is 0. The minimum absolute atomic E-state index is 0.154. The Balaban J connectivity index is 4.95. The molecule has 0 rings (SSSR count). The SMILES string of the molecule is CC(OC(=O)C(CC(C)(C)C)C(C)(C)C)C(F)(F)F. The van der Waals surface area contributed by atoms with Gasteiger partial charge >= 0.3 is 12.1 Å². The van der Waals surface area contributed by atoms with E-state index in [2.05, 4.69) is 4.74 Å². The number of hydrogen-bond acceptors (Lipinski definition) is 2. The summed E-state index contributed by atoms with van der Waals surface area (Å²) in [6.45, 7) is 12.2. The lowest BCUT2D eigenvalue weighted by atomic mass is 9.72. The molecule has 0 aliphatic rings. The highest BCUT2D eigenvalue weighted by atomic mass is 19.4. The van der Waals surface area contributed by atoms with Gasteiger partial charge in [-0.05, 0) is 24.2 Å². The third-order valence-corrected chi connectivity index (χ3v) is 2.90. The van der Waals surface area contributed by atoms with Crippen molar-refractivity contribution < 1.29 is 22.7 Å². The van der Waals surface area contributed by atoms with Crippen LogP contribution in [-0.2, 0) is 9.53 Å². The van der Waals surface area contributed by atoms with Crippen molar-refractivity contribution in [1.82, 2.24) is 0 Å². The first-order valence-electron chi connectivity index (χ1n) is 6.42. The molecule has 0 fully saturated rings. The molecule has 0 radical (unpaired) electrons. The highest BCUT2D eigenvalue weighted by molar-refractivity contribution is 5.73. The molecule has 2 atom stereocenters. The van der Waals surface area contributed by atoms with Crippen LogP contribution in [0.4, 0.5) is 13.2 Å². The fourth-order valence-electron chi connectivity index (χ4n) is 1.68. The molecule has 19 heavy (non-hydrogen) atoms. The number of ether oxygens (including phenoxy) is 1. The molecule has 0 saturated heterocycles. The Kier molecular flexibility index (Phi) is 5.49. The smallest absolute Gasteiger partial charge is 0.425 e. The van der Waals surface area contributed by atoms with E-state index >= 15 is 0 Å². The fourth-order valence-corrected chi connectivity index (χ4v) is 1.68. The normalized spacial score (nSPS) is 16.9. The van der Waals surface area contributed by atoms with Gasteiger partial charge in [0.25, 0.3) is 0 Å². The molecule has 0 aromatic heterocycles. The Morgan fingerprint density at radius 2 is 1.47 bits per heavy atom. The second kappa shape index (κ2) is 5.71. The minimum atomic E-state index is -4.51. The first-order valence-corrected chi connectivity index (χ1v) is 6.42. The Labute approximate surface area is 113 Å². The highest BCUT2D eigenvalue weighted by Gasteiger charge is 2.42. The van der Waals surface area contributed by atoms with Crippen molar-refractivity contribution >= 4 is 5.97 Å². The molecule has 0 bridgehead atoms. The van der Waals surface area contributed by atoms with Gasteiger partial charge in [-0.1, -0.05) is 41.5 Å². The summed E-state index contributed by atoms with van der Waals surface area (Å²) in [6.07, 6.45) is -6.09. The summed E-state index contributed by atoms with van der Waals surface area (Å²) in [4.78, 5) is 12.0. The van der Waals surface area contributed by atoms with Gasteiger partial charge in [-0.3, -0.25) is 4.79 Å². The van der Waals surface area contributed by atoms with Gasteiger partial charge in [0, 0.05) is 0 Å². The van der Waals surface area contributed by atoms with E-state index < -0.39 is 29.6 Å². The monoisotopic (exact) mass is 282 g/mol. The van der Waals surface area contributed by atoms with Crippen LogP contribution in [0.3, 0.4) is 0 Å². The van der Waals surface area contributed by atoms with Gasteiger partial charge < -0.3 is 4.74 Å². The molecule has 0 N–H and O–H groups in total. The van der Waals surface area contributed by atoms with Crippen molar-refractivity contribution in [1.29, 1.82) is 0 Å². The lowest BCUT2D eigenvalue weighted by Gasteiger charge is -2.34. The predicted octanol–water partition coefficient (Wildman–Crippen LogP) is 4.58. The van der Waals surface area contributed by atoms with E-state index in [-0.39, 0.29) is 5.41 Å². The Hall–Kier alpha value is -0.740. The van der Waals surface area contributed by atoms with Crippen LogP contribution in [0.2, 0.25) is 0 Å². The first kappa shape index (κ1) is 18.3. The molecule has 0 aromatic rings. The van der Waals surface area contributed by atoms with E-state index in [1.54, 1.807) is 0 Å². The van der Waals surface area contributed by atoms with Gasteiger partial charge in [-0.2, -0.15) is 13.2 Å². The van der Waals surface area contributed by atoms with Gasteiger partial charge in [-0.15, -0.1) is 0 Å². The molecule has 0 amide bonds. The largest absolute Gasteiger partial charge is 0.453 e. The van der Waals surface area contributed by atoms with Crippen molar-refractivity contribution in [3.63, 3.8) is 0 Å². The number of halogens is 3. The van der Waals surface area contributed by atoms with Crippen molar-refractivity contribution in [3.05, 3.63) is 0 Å². The third-order valence-electron chi connectivity index (χ3n) is 2.90. The van der Waals surface area contributed by atoms with Gasteiger partial charge in [-0.25, -0.2) is 0 Å². The second-order valence-electron chi connectivity index (χ2n) is 7.30.